The third kappa shape index (κ3) is 2.76. The van der Waals surface area contributed by atoms with Crippen molar-refractivity contribution in [1.29, 1.82) is 0 Å². The van der Waals surface area contributed by atoms with Crippen LogP contribution in [-0.2, 0) is 12.0 Å². The fourth-order valence-electron chi connectivity index (χ4n) is 4.66. The van der Waals surface area contributed by atoms with Crippen molar-refractivity contribution in [3.05, 3.63) is 71.5 Å². The van der Waals surface area contributed by atoms with E-state index in [-0.39, 0.29) is 5.82 Å². The highest BCUT2D eigenvalue weighted by Crippen LogP contribution is 2.45. The van der Waals surface area contributed by atoms with Crippen LogP contribution in [0.3, 0.4) is 0 Å². The number of halogens is 1. The molecule has 2 heterocycles. The van der Waals surface area contributed by atoms with Crippen LogP contribution in [0.25, 0.3) is 0 Å². The van der Waals surface area contributed by atoms with Gasteiger partial charge in [-0.3, -0.25) is 4.90 Å². The Kier molecular flexibility index (Phi) is 4.15. The number of likely N-dealkylation sites (N-methyl/N-ethyl adjacent to an activating group) is 1. The lowest BCUT2D eigenvalue weighted by Gasteiger charge is -2.46. The maximum absolute atomic E-state index is 13.1. The van der Waals surface area contributed by atoms with Crippen LogP contribution in [0.4, 0.5) is 4.39 Å². The Morgan fingerprint density at radius 3 is 2.46 bits per heavy atom. The number of hydrogen-bond acceptors (Lipinski definition) is 2. The summed E-state index contributed by atoms with van der Waals surface area (Å²) in [4.78, 5) is 5.06. The number of nitrogens with zero attached hydrogens (tertiary/aromatic N) is 2. The third-order valence-corrected chi connectivity index (χ3v) is 6.05. The van der Waals surface area contributed by atoms with Crippen molar-refractivity contribution in [2.24, 2.45) is 0 Å². The minimum atomic E-state index is -0.156. The third-order valence-electron chi connectivity index (χ3n) is 6.05. The van der Waals surface area contributed by atoms with Crippen LogP contribution in [0.15, 0.2) is 54.6 Å². The zero-order valence-electron chi connectivity index (χ0n) is 14.3. The molecule has 24 heavy (non-hydrogen) atoms. The number of hydrogen-bond donors (Lipinski definition) is 0. The summed E-state index contributed by atoms with van der Waals surface area (Å²) in [6.45, 7) is 4.28. The fourth-order valence-corrected chi connectivity index (χ4v) is 4.66. The molecule has 0 spiro atoms. The lowest BCUT2D eigenvalue weighted by molar-refractivity contribution is 0.0917. The molecular formula is C21H25FN2. The van der Waals surface area contributed by atoms with Gasteiger partial charge >= 0.3 is 0 Å². The quantitative estimate of drug-likeness (QED) is 0.850. The number of likely N-dealkylation sites (tertiary alicyclic amines) is 2. The summed E-state index contributed by atoms with van der Waals surface area (Å²) in [6, 6.07) is 18.6. The van der Waals surface area contributed by atoms with Gasteiger partial charge in [0.05, 0.1) is 0 Å². The molecule has 0 amide bonds. The van der Waals surface area contributed by atoms with Gasteiger partial charge in [0.25, 0.3) is 0 Å². The van der Waals surface area contributed by atoms with Gasteiger partial charge < -0.3 is 4.90 Å². The van der Waals surface area contributed by atoms with Crippen molar-refractivity contribution in [2.75, 3.05) is 26.7 Å². The first-order valence-corrected chi connectivity index (χ1v) is 8.90. The Labute approximate surface area is 143 Å². The number of fused-ring (bicyclic) bond motifs is 1. The van der Waals surface area contributed by atoms with Gasteiger partial charge in [-0.05, 0) is 56.2 Å². The van der Waals surface area contributed by atoms with E-state index in [9.17, 15) is 4.39 Å². The molecule has 2 aliphatic rings. The van der Waals surface area contributed by atoms with Crippen LogP contribution in [0.2, 0.25) is 0 Å². The molecule has 2 fully saturated rings. The van der Waals surface area contributed by atoms with Crippen molar-refractivity contribution in [3.63, 3.8) is 0 Å². The van der Waals surface area contributed by atoms with Gasteiger partial charge in [0.15, 0.2) is 0 Å². The Balaban J connectivity index is 1.54. The van der Waals surface area contributed by atoms with Gasteiger partial charge in [-0.15, -0.1) is 0 Å². The second-order valence-corrected chi connectivity index (χ2v) is 7.38. The standard InChI is InChI=1S/C21H25FN2/c1-23-13-11-21(18-5-3-2-4-6-18)12-14-24(16-20(21)23)15-17-7-9-19(22)10-8-17/h2-10,20H,11-16H2,1H3/t20-,21+/m1/s1. The topological polar surface area (TPSA) is 6.48 Å². The first-order chi connectivity index (χ1) is 11.7. The van der Waals surface area contributed by atoms with Gasteiger partial charge in [-0.25, -0.2) is 4.39 Å². The van der Waals surface area contributed by atoms with Crippen LogP contribution < -0.4 is 0 Å². The van der Waals surface area contributed by atoms with E-state index in [2.05, 4.69) is 47.2 Å². The van der Waals surface area contributed by atoms with E-state index in [0.717, 1.165) is 19.6 Å². The summed E-state index contributed by atoms with van der Waals surface area (Å²) >= 11 is 0. The monoisotopic (exact) mass is 324 g/mol. The Bertz CT molecular complexity index is 685. The minimum absolute atomic E-state index is 0.156. The van der Waals surface area contributed by atoms with Crippen molar-refractivity contribution >= 4 is 0 Å². The highest BCUT2D eigenvalue weighted by Gasteiger charge is 2.49. The molecule has 0 aromatic heterocycles. The average molecular weight is 324 g/mol. The molecule has 2 aromatic rings. The molecule has 2 atom stereocenters. The predicted molar refractivity (Wildman–Crippen MR) is 95.4 cm³/mol. The van der Waals surface area contributed by atoms with Crippen LogP contribution in [0.1, 0.15) is 24.0 Å². The Morgan fingerprint density at radius 1 is 1.00 bits per heavy atom. The molecule has 2 aromatic carbocycles. The molecule has 2 saturated heterocycles. The maximum Gasteiger partial charge on any atom is 0.123 e. The Morgan fingerprint density at radius 2 is 1.71 bits per heavy atom. The highest BCUT2D eigenvalue weighted by molar-refractivity contribution is 5.31. The SMILES string of the molecule is CN1CC[C@@]2(c3ccccc3)CCN(Cc3ccc(F)cc3)C[C@@H]12. The molecule has 0 saturated carbocycles. The Hall–Kier alpha value is -1.71. The predicted octanol–water partition coefficient (Wildman–Crippen LogP) is 3.67. The first kappa shape index (κ1) is 15.8. The van der Waals surface area contributed by atoms with E-state index in [4.69, 9.17) is 0 Å². The van der Waals surface area contributed by atoms with E-state index in [1.807, 2.05) is 12.1 Å². The largest absolute Gasteiger partial charge is 0.301 e. The molecule has 0 bridgehead atoms. The summed E-state index contributed by atoms with van der Waals surface area (Å²) in [7, 11) is 2.26. The van der Waals surface area contributed by atoms with Crippen LogP contribution in [-0.4, -0.2) is 42.5 Å². The lowest BCUT2D eigenvalue weighted by Crippen LogP contribution is -2.54. The van der Waals surface area contributed by atoms with Crippen LogP contribution >= 0.6 is 0 Å². The summed E-state index contributed by atoms with van der Waals surface area (Å²) in [5.74, 6) is -0.156. The van der Waals surface area contributed by atoms with Crippen molar-refractivity contribution < 1.29 is 4.39 Å². The van der Waals surface area contributed by atoms with Gasteiger partial charge in [0.2, 0.25) is 0 Å². The number of piperidine rings is 1. The van der Waals surface area contributed by atoms with E-state index in [1.54, 1.807) is 12.1 Å². The first-order valence-electron chi connectivity index (χ1n) is 8.90. The van der Waals surface area contributed by atoms with E-state index >= 15 is 0 Å². The van der Waals surface area contributed by atoms with Crippen molar-refractivity contribution in [2.45, 2.75) is 30.8 Å². The molecule has 0 aliphatic carbocycles. The molecule has 0 radical (unpaired) electrons. The average Bonchev–Trinajstić information content (AvgIpc) is 2.96. The zero-order valence-corrected chi connectivity index (χ0v) is 14.3. The minimum Gasteiger partial charge on any atom is -0.301 e. The second-order valence-electron chi connectivity index (χ2n) is 7.38. The summed E-state index contributed by atoms with van der Waals surface area (Å²) in [6.07, 6.45) is 2.45. The summed E-state index contributed by atoms with van der Waals surface area (Å²) < 4.78 is 13.1. The molecule has 2 aliphatic heterocycles. The van der Waals surface area contributed by atoms with Gasteiger partial charge in [0.1, 0.15) is 5.82 Å². The zero-order chi connectivity index (χ0) is 16.6. The van der Waals surface area contributed by atoms with Gasteiger partial charge in [0, 0.05) is 24.5 Å². The second kappa shape index (κ2) is 6.30. The lowest BCUT2D eigenvalue weighted by atomic mass is 9.69. The van der Waals surface area contributed by atoms with Crippen molar-refractivity contribution in [1.82, 2.24) is 9.80 Å². The maximum atomic E-state index is 13.1. The molecule has 126 valence electrons. The summed E-state index contributed by atoms with van der Waals surface area (Å²) in [5.41, 5.74) is 3.00. The normalized spacial score (nSPS) is 28.0. The molecule has 0 N–H and O–H groups in total. The molecule has 3 heteroatoms. The molecule has 0 unspecified atom stereocenters. The molecule has 4 rings (SSSR count). The fraction of sp³-hybridized carbons (Fsp3) is 0.429. The molecule has 2 nitrogen and oxygen atoms in total. The number of rotatable bonds is 3. The number of benzene rings is 2. The van der Waals surface area contributed by atoms with Crippen LogP contribution in [0, 0.1) is 5.82 Å². The van der Waals surface area contributed by atoms with Crippen LogP contribution in [0.5, 0.6) is 0 Å². The smallest absolute Gasteiger partial charge is 0.123 e. The van der Waals surface area contributed by atoms with Crippen molar-refractivity contribution in [3.8, 4) is 0 Å². The van der Waals surface area contributed by atoms with E-state index < -0.39 is 0 Å². The van der Waals surface area contributed by atoms with Gasteiger partial charge in [-0.1, -0.05) is 42.5 Å². The summed E-state index contributed by atoms with van der Waals surface area (Å²) in [5, 5.41) is 0. The van der Waals surface area contributed by atoms with E-state index in [0.29, 0.717) is 11.5 Å². The van der Waals surface area contributed by atoms with E-state index in [1.165, 1.54) is 30.5 Å². The molecular weight excluding hydrogens is 299 g/mol. The highest BCUT2D eigenvalue weighted by atomic mass is 19.1. The van der Waals surface area contributed by atoms with Gasteiger partial charge in [-0.2, -0.15) is 0 Å².